The van der Waals surface area contributed by atoms with Crippen LogP contribution < -0.4 is 10.6 Å². The molecule has 0 saturated carbocycles. The van der Waals surface area contributed by atoms with Crippen molar-refractivity contribution < 1.29 is 37.2 Å². The molecule has 2 rings (SSSR count). The van der Waals surface area contributed by atoms with Crippen LogP contribution >= 0.6 is 11.6 Å². The zero-order valence-electron chi connectivity index (χ0n) is 16.1. The molecule has 0 unspecified atom stereocenters. The van der Waals surface area contributed by atoms with Crippen molar-refractivity contribution in [3.8, 4) is 0 Å². The van der Waals surface area contributed by atoms with Crippen LogP contribution in [-0.2, 0) is 20.5 Å². The molecule has 0 saturated heterocycles. The quantitative estimate of drug-likeness (QED) is 0.343. The summed E-state index contributed by atoms with van der Waals surface area (Å²) >= 11 is 5.76. The number of esters is 1. The predicted molar refractivity (Wildman–Crippen MR) is 106 cm³/mol. The number of alkyl halides is 3. The van der Waals surface area contributed by atoms with Gasteiger partial charge in [-0.05, 0) is 30.3 Å². The molecule has 13 heteroatoms. The maximum Gasteiger partial charge on any atom is 0.416 e. The zero-order valence-corrected chi connectivity index (χ0v) is 16.8. The molecule has 0 bridgehead atoms. The van der Waals surface area contributed by atoms with Gasteiger partial charge in [0.25, 0.3) is 17.5 Å². The van der Waals surface area contributed by atoms with Gasteiger partial charge in [0.1, 0.15) is 0 Å². The van der Waals surface area contributed by atoms with E-state index in [-0.39, 0.29) is 34.9 Å². The van der Waals surface area contributed by atoms with Crippen molar-refractivity contribution in [2.75, 3.05) is 18.5 Å². The lowest BCUT2D eigenvalue weighted by Gasteiger charge is -2.12. The summed E-state index contributed by atoms with van der Waals surface area (Å²) in [5.41, 5.74) is -1.35. The molecule has 0 aromatic heterocycles. The zero-order chi connectivity index (χ0) is 23.9. The van der Waals surface area contributed by atoms with Crippen molar-refractivity contribution >= 4 is 40.8 Å². The second-order valence-corrected chi connectivity index (χ2v) is 6.62. The first-order valence-electron chi connectivity index (χ1n) is 8.82. The number of benzene rings is 2. The molecule has 0 spiro atoms. The summed E-state index contributed by atoms with van der Waals surface area (Å²) in [7, 11) is 0. The van der Waals surface area contributed by atoms with E-state index in [1.807, 2.05) is 0 Å². The van der Waals surface area contributed by atoms with Gasteiger partial charge in [0.15, 0.2) is 6.61 Å². The predicted octanol–water partition coefficient (Wildman–Crippen LogP) is 3.57. The van der Waals surface area contributed by atoms with Crippen molar-refractivity contribution in [3.63, 3.8) is 0 Å². The molecule has 0 radical (unpaired) electrons. The smallest absolute Gasteiger partial charge is 0.416 e. The van der Waals surface area contributed by atoms with E-state index >= 15 is 0 Å². The lowest BCUT2D eigenvalue weighted by Crippen LogP contribution is -2.27. The van der Waals surface area contributed by atoms with E-state index in [9.17, 15) is 37.7 Å². The lowest BCUT2D eigenvalue weighted by molar-refractivity contribution is -0.384. The Morgan fingerprint density at radius 1 is 1.09 bits per heavy atom. The molecule has 9 nitrogen and oxygen atoms in total. The Morgan fingerprint density at radius 2 is 1.75 bits per heavy atom. The van der Waals surface area contributed by atoms with Crippen LogP contribution in [0.2, 0.25) is 5.02 Å². The largest absolute Gasteiger partial charge is 0.456 e. The standard InChI is InChI=1S/C19H15ClF3N3O6/c20-14-6-3-12(19(21,22)23)9-15(14)25-16(27)10-32-17(28)7-8-24-18(29)11-1-4-13(5-2-11)26(30)31/h1-6,9H,7-8,10H2,(H,24,29)(H,25,27). The maximum atomic E-state index is 12.7. The molecule has 0 atom stereocenters. The Morgan fingerprint density at radius 3 is 2.34 bits per heavy atom. The minimum absolute atomic E-state index is 0.133. The summed E-state index contributed by atoms with van der Waals surface area (Å²) in [4.78, 5) is 45.4. The number of anilines is 1. The van der Waals surface area contributed by atoms with Gasteiger partial charge in [-0.25, -0.2) is 0 Å². The molecule has 170 valence electrons. The number of carbonyl (C=O) groups excluding carboxylic acids is 3. The fourth-order valence-corrected chi connectivity index (χ4v) is 2.48. The molecular formula is C19H15ClF3N3O6. The maximum absolute atomic E-state index is 12.7. The summed E-state index contributed by atoms with van der Waals surface area (Å²) in [6, 6.07) is 7.17. The van der Waals surface area contributed by atoms with Crippen LogP contribution in [0.3, 0.4) is 0 Å². The highest BCUT2D eigenvalue weighted by Crippen LogP contribution is 2.33. The molecule has 2 N–H and O–H groups in total. The van der Waals surface area contributed by atoms with Crippen LogP contribution in [0, 0.1) is 10.1 Å². The summed E-state index contributed by atoms with van der Waals surface area (Å²) in [5, 5.41) is 15.0. The number of hydrogen-bond acceptors (Lipinski definition) is 6. The molecule has 0 fully saturated rings. The van der Waals surface area contributed by atoms with Crippen molar-refractivity contribution in [3.05, 3.63) is 68.7 Å². The summed E-state index contributed by atoms with van der Waals surface area (Å²) in [5.74, 6) is -2.33. The number of nitro groups is 1. The highest BCUT2D eigenvalue weighted by molar-refractivity contribution is 6.33. The van der Waals surface area contributed by atoms with Crippen LogP contribution in [0.1, 0.15) is 22.3 Å². The van der Waals surface area contributed by atoms with E-state index in [4.69, 9.17) is 16.3 Å². The number of amides is 2. The van der Waals surface area contributed by atoms with Crippen LogP contribution in [0.5, 0.6) is 0 Å². The van der Waals surface area contributed by atoms with Crippen LogP contribution in [0.25, 0.3) is 0 Å². The summed E-state index contributed by atoms with van der Waals surface area (Å²) in [6.07, 6.45) is -4.92. The number of carbonyl (C=O) groups is 3. The molecule has 0 aliphatic heterocycles. The molecule has 0 aliphatic carbocycles. The Balaban J connectivity index is 1.76. The molecule has 2 aromatic carbocycles. The number of hydrogen-bond donors (Lipinski definition) is 2. The van der Waals surface area contributed by atoms with Gasteiger partial charge in [0.2, 0.25) is 0 Å². The number of nitrogens with one attached hydrogen (secondary N) is 2. The third-order valence-corrected chi connectivity index (χ3v) is 4.22. The van der Waals surface area contributed by atoms with Crippen molar-refractivity contribution in [1.29, 1.82) is 0 Å². The highest BCUT2D eigenvalue weighted by atomic mass is 35.5. The van der Waals surface area contributed by atoms with E-state index < -0.39 is 41.1 Å². The Hall–Kier alpha value is -3.67. The third kappa shape index (κ3) is 7.23. The van der Waals surface area contributed by atoms with Gasteiger partial charge in [0.05, 0.1) is 27.6 Å². The van der Waals surface area contributed by atoms with Crippen molar-refractivity contribution in [2.45, 2.75) is 12.6 Å². The van der Waals surface area contributed by atoms with Gasteiger partial charge in [0, 0.05) is 24.2 Å². The molecule has 2 amide bonds. The average molecular weight is 474 g/mol. The number of nitro benzene ring substituents is 1. The van der Waals surface area contributed by atoms with E-state index in [1.54, 1.807) is 0 Å². The van der Waals surface area contributed by atoms with Gasteiger partial charge >= 0.3 is 12.1 Å². The van der Waals surface area contributed by atoms with Gasteiger partial charge in [-0.3, -0.25) is 24.5 Å². The monoisotopic (exact) mass is 473 g/mol. The molecule has 32 heavy (non-hydrogen) atoms. The first-order valence-corrected chi connectivity index (χ1v) is 9.20. The van der Waals surface area contributed by atoms with Gasteiger partial charge in [-0.15, -0.1) is 0 Å². The summed E-state index contributed by atoms with van der Waals surface area (Å²) < 4.78 is 42.9. The van der Waals surface area contributed by atoms with Gasteiger partial charge < -0.3 is 15.4 Å². The summed E-state index contributed by atoms with van der Waals surface area (Å²) in [6.45, 7) is -0.919. The second-order valence-electron chi connectivity index (χ2n) is 6.21. The van der Waals surface area contributed by atoms with Gasteiger partial charge in [-0.2, -0.15) is 13.2 Å². The minimum Gasteiger partial charge on any atom is -0.456 e. The Kier molecular flexibility index (Phi) is 8.13. The van der Waals surface area contributed by atoms with Crippen molar-refractivity contribution in [1.82, 2.24) is 5.32 Å². The Labute approximate surface area is 183 Å². The highest BCUT2D eigenvalue weighted by Gasteiger charge is 2.31. The van der Waals surface area contributed by atoms with Crippen LogP contribution in [0.15, 0.2) is 42.5 Å². The SMILES string of the molecule is O=C(COC(=O)CCNC(=O)c1ccc([N+](=O)[O-])cc1)Nc1cc(C(F)(F)F)ccc1Cl. The van der Waals surface area contributed by atoms with Crippen molar-refractivity contribution in [2.24, 2.45) is 0 Å². The normalized spacial score (nSPS) is 10.9. The fraction of sp³-hybridized carbons (Fsp3) is 0.211. The Bertz CT molecular complexity index is 1030. The number of non-ortho nitro benzene ring substituents is 1. The minimum atomic E-state index is -4.63. The van der Waals surface area contributed by atoms with Crippen LogP contribution in [0.4, 0.5) is 24.5 Å². The number of halogens is 4. The van der Waals surface area contributed by atoms with E-state index in [0.29, 0.717) is 6.07 Å². The number of ether oxygens (including phenoxy) is 1. The first kappa shape index (κ1) is 24.6. The van der Waals surface area contributed by atoms with Gasteiger partial charge in [-0.1, -0.05) is 11.6 Å². The first-order chi connectivity index (χ1) is 15.0. The molecular weight excluding hydrogens is 459 g/mol. The van der Waals surface area contributed by atoms with E-state index in [0.717, 1.165) is 24.3 Å². The second kappa shape index (κ2) is 10.6. The van der Waals surface area contributed by atoms with Crippen LogP contribution in [-0.4, -0.2) is 35.9 Å². The molecule has 2 aromatic rings. The average Bonchev–Trinajstić information content (AvgIpc) is 2.73. The van der Waals surface area contributed by atoms with E-state index in [2.05, 4.69) is 10.6 Å². The fourth-order valence-electron chi connectivity index (χ4n) is 2.32. The topological polar surface area (TPSA) is 128 Å². The number of rotatable bonds is 8. The number of nitrogens with zero attached hydrogens (tertiary/aromatic N) is 1. The molecule has 0 heterocycles. The third-order valence-electron chi connectivity index (χ3n) is 3.89. The van der Waals surface area contributed by atoms with E-state index in [1.165, 1.54) is 12.1 Å². The molecule has 0 aliphatic rings. The lowest BCUT2D eigenvalue weighted by atomic mass is 10.2.